The second-order valence-electron chi connectivity index (χ2n) is 3.94. The maximum Gasteiger partial charge on any atom is 0.372 e. The maximum absolute atomic E-state index is 12.2. The summed E-state index contributed by atoms with van der Waals surface area (Å²) < 4.78 is 29.2. The van der Waals surface area contributed by atoms with E-state index in [4.69, 9.17) is 32.7 Å². The second kappa shape index (κ2) is 5.47. The van der Waals surface area contributed by atoms with Crippen molar-refractivity contribution in [3.8, 4) is 0 Å². The number of aromatic carboxylic acids is 1. The van der Waals surface area contributed by atoms with E-state index < -0.39 is 27.3 Å². The molecule has 106 valence electrons. The minimum absolute atomic E-state index is 0.0635. The lowest BCUT2D eigenvalue weighted by Crippen LogP contribution is -2.08. The van der Waals surface area contributed by atoms with Crippen LogP contribution in [0.1, 0.15) is 16.1 Å². The Kier molecular flexibility index (Phi) is 4.08. The van der Waals surface area contributed by atoms with Crippen LogP contribution in [-0.4, -0.2) is 19.5 Å². The van der Waals surface area contributed by atoms with Crippen molar-refractivity contribution in [1.29, 1.82) is 0 Å². The quantitative estimate of drug-likeness (QED) is 0.927. The van der Waals surface area contributed by atoms with Gasteiger partial charge in [-0.15, -0.1) is 0 Å². The number of carbonyl (C=O) groups is 1. The molecule has 0 aliphatic rings. The van der Waals surface area contributed by atoms with Gasteiger partial charge in [0.15, 0.2) is 9.84 Å². The van der Waals surface area contributed by atoms with Crippen LogP contribution in [0, 0.1) is 0 Å². The molecule has 1 heterocycles. The van der Waals surface area contributed by atoms with Crippen molar-refractivity contribution in [2.75, 3.05) is 0 Å². The summed E-state index contributed by atoms with van der Waals surface area (Å²) in [6, 6.07) is 5.21. The van der Waals surface area contributed by atoms with Crippen molar-refractivity contribution >= 4 is 39.0 Å². The van der Waals surface area contributed by atoms with Gasteiger partial charge in [-0.3, -0.25) is 0 Å². The molecule has 0 saturated heterocycles. The predicted octanol–water partition coefficient (Wildman–Crippen LogP) is 3.26. The van der Waals surface area contributed by atoms with Crippen LogP contribution in [0.3, 0.4) is 0 Å². The van der Waals surface area contributed by atoms with Crippen LogP contribution < -0.4 is 0 Å². The van der Waals surface area contributed by atoms with Crippen LogP contribution in [0.4, 0.5) is 0 Å². The Balaban J connectivity index is 2.41. The fourth-order valence-corrected chi connectivity index (χ4v) is 3.71. The molecule has 1 N–H and O–H groups in total. The van der Waals surface area contributed by atoms with E-state index in [1.54, 1.807) is 0 Å². The summed E-state index contributed by atoms with van der Waals surface area (Å²) in [5, 5.41) is 9.24. The highest BCUT2D eigenvalue weighted by Gasteiger charge is 2.22. The van der Waals surface area contributed by atoms with E-state index in [2.05, 4.69) is 0 Å². The molecule has 2 aromatic rings. The molecule has 0 saturated carbocycles. The van der Waals surface area contributed by atoms with Gasteiger partial charge in [0, 0.05) is 15.6 Å². The Morgan fingerprint density at radius 3 is 2.35 bits per heavy atom. The molecule has 0 spiro atoms. The molecule has 0 aliphatic heterocycles. The highest BCUT2D eigenvalue weighted by molar-refractivity contribution is 7.90. The Labute approximate surface area is 124 Å². The van der Waals surface area contributed by atoms with E-state index in [9.17, 15) is 13.2 Å². The second-order valence-corrected chi connectivity index (χ2v) is 6.81. The van der Waals surface area contributed by atoms with Gasteiger partial charge in [0.2, 0.25) is 5.76 Å². The first kappa shape index (κ1) is 14.9. The molecule has 5 nitrogen and oxygen atoms in total. The van der Waals surface area contributed by atoms with Crippen molar-refractivity contribution in [2.24, 2.45) is 0 Å². The molecule has 2 rings (SSSR count). The molecule has 0 radical (unpaired) electrons. The molecule has 0 fully saturated rings. The van der Waals surface area contributed by atoms with Crippen molar-refractivity contribution < 1.29 is 22.7 Å². The molecule has 0 atom stereocenters. The average molecular weight is 335 g/mol. The minimum atomic E-state index is -3.78. The number of furan rings is 1. The first-order valence-electron chi connectivity index (χ1n) is 5.28. The van der Waals surface area contributed by atoms with Gasteiger partial charge < -0.3 is 9.52 Å². The minimum Gasteiger partial charge on any atom is -0.475 e. The van der Waals surface area contributed by atoms with E-state index in [1.807, 2.05) is 0 Å². The van der Waals surface area contributed by atoms with Crippen LogP contribution in [0.5, 0.6) is 0 Å². The molecule has 20 heavy (non-hydrogen) atoms. The van der Waals surface area contributed by atoms with Gasteiger partial charge in [0.25, 0.3) is 0 Å². The number of hydrogen-bond acceptors (Lipinski definition) is 4. The van der Waals surface area contributed by atoms with E-state index >= 15 is 0 Å². The number of sulfone groups is 1. The summed E-state index contributed by atoms with van der Waals surface area (Å²) in [7, 11) is -3.78. The van der Waals surface area contributed by atoms with Crippen LogP contribution >= 0.6 is 23.2 Å². The zero-order valence-electron chi connectivity index (χ0n) is 9.84. The van der Waals surface area contributed by atoms with Crippen LogP contribution in [-0.2, 0) is 15.6 Å². The summed E-state index contributed by atoms with van der Waals surface area (Å²) >= 11 is 11.5. The van der Waals surface area contributed by atoms with Gasteiger partial charge in [-0.05, 0) is 24.3 Å². The third-order valence-corrected chi connectivity index (χ3v) is 4.56. The Bertz CT molecular complexity index is 744. The number of halogens is 2. The molecule has 1 aromatic heterocycles. The predicted molar refractivity (Wildman–Crippen MR) is 73.0 cm³/mol. The fourth-order valence-electron chi connectivity index (χ4n) is 1.63. The largest absolute Gasteiger partial charge is 0.475 e. The number of benzene rings is 1. The van der Waals surface area contributed by atoms with Gasteiger partial charge in [0.1, 0.15) is 0 Å². The monoisotopic (exact) mass is 334 g/mol. The van der Waals surface area contributed by atoms with Gasteiger partial charge in [-0.25, -0.2) is 13.2 Å². The molecule has 1 aromatic carbocycles. The topological polar surface area (TPSA) is 84.6 Å². The lowest BCUT2D eigenvalue weighted by atomic mass is 10.3. The highest BCUT2D eigenvalue weighted by Crippen LogP contribution is 2.26. The van der Waals surface area contributed by atoms with Gasteiger partial charge in [-0.1, -0.05) is 23.2 Å². The molecule has 0 amide bonds. The Morgan fingerprint density at radius 1 is 1.20 bits per heavy atom. The van der Waals surface area contributed by atoms with Crippen molar-refractivity contribution in [3.05, 3.63) is 51.9 Å². The number of carboxylic acids is 1. The van der Waals surface area contributed by atoms with Gasteiger partial charge >= 0.3 is 5.97 Å². The van der Waals surface area contributed by atoms with Gasteiger partial charge in [-0.2, -0.15) is 0 Å². The molecule has 8 heteroatoms. The maximum atomic E-state index is 12.2. The number of rotatable bonds is 4. The van der Waals surface area contributed by atoms with Crippen molar-refractivity contribution in [3.63, 3.8) is 0 Å². The smallest absolute Gasteiger partial charge is 0.372 e. The molecule has 0 bridgehead atoms. The summed E-state index contributed by atoms with van der Waals surface area (Å²) in [6.07, 6.45) is 1.12. The first-order valence-corrected chi connectivity index (χ1v) is 7.69. The number of hydrogen-bond donors (Lipinski definition) is 1. The van der Waals surface area contributed by atoms with E-state index in [0.29, 0.717) is 0 Å². The standard InChI is InChI=1S/C12H8Cl2O5S/c13-8-3-9(14)5-10(4-8)20(17,18)6-7-1-2-19-11(7)12(15)16/h1-5H,6H2,(H,15,16). The average Bonchev–Trinajstić information content (AvgIpc) is 2.75. The summed E-state index contributed by atoms with van der Waals surface area (Å²) in [5.74, 6) is -2.24. The van der Waals surface area contributed by atoms with Crippen LogP contribution in [0.2, 0.25) is 10.0 Å². The van der Waals surface area contributed by atoms with Crippen molar-refractivity contribution in [1.82, 2.24) is 0 Å². The normalized spacial score (nSPS) is 11.5. The van der Waals surface area contributed by atoms with Crippen LogP contribution in [0.15, 0.2) is 39.8 Å². The molecular weight excluding hydrogens is 327 g/mol. The Hall–Kier alpha value is -1.50. The van der Waals surface area contributed by atoms with E-state index in [1.165, 1.54) is 24.3 Å². The van der Waals surface area contributed by atoms with E-state index in [-0.39, 0.29) is 20.5 Å². The summed E-state index contributed by atoms with van der Waals surface area (Å²) in [4.78, 5) is 10.8. The third kappa shape index (κ3) is 3.15. The number of carboxylic acid groups (broad SMARTS) is 1. The summed E-state index contributed by atoms with van der Waals surface area (Å²) in [6.45, 7) is 0. The third-order valence-electron chi connectivity index (χ3n) is 2.48. The lowest BCUT2D eigenvalue weighted by Gasteiger charge is -2.05. The SMILES string of the molecule is O=C(O)c1occc1CS(=O)(=O)c1cc(Cl)cc(Cl)c1. The lowest BCUT2D eigenvalue weighted by molar-refractivity contribution is 0.0661. The van der Waals surface area contributed by atoms with Gasteiger partial charge in [0.05, 0.1) is 16.9 Å². The van der Waals surface area contributed by atoms with Crippen molar-refractivity contribution in [2.45, 2.75) is 10.6 Å². The zero-order chi connectivity index (χ0) is 14.9. The molecular formula is C12H8Cl2O5S. The zero-order valence-corrected chi connectivity index (χ0v) is 12.2. The first-order chi connectivity index (χ1) is 9.29. The summed E-state index contributed by atoms with van der Waals surface area (Å²) in [5.41, 5.74) is 0.0635. The fraction of sp³-hybridized carbons (Fsp3) is 0.0833. The molecule has 0 unspecified atom stereocenters. The van der Waals surface area contributed by atoms with Crippen LogP contribution in [0.25, 0.3) is 0 Å². The highest BCUT2D eigenvalue weighted by atomic mass is 35.5. The Morgan fingerprint density at radius 2 is 1.80 bits per heavy atom. The van der Waals surface area contributed by atoms with E-state index in [0.717, 1.165) is 6.26 Å². The molecule has 0 aliphatic carbocycles.